The highest BCUT2D eigenvalue weighted by Crippen LogP contribution is 2.14. The summed E-state index contributed by atoms with van der Waals surface area (Å²) in [6.07, 6.45) is 4.79. The molecule has 2 heterocycles. The number of hydrogen-bond donors (Lipinski definition) is 1. The van der Waals surface area contributed by atoms with Crippen molar-refractivity contribution in [3.63, 3.8) is 0 Å². The van der Waals surface area contributed by atoms with E-state index in [1.54, 1.807) is 28.8 Å². The molecule has 30 heavy (non-hydrogen) atoms. The van der Waals surface area contributed by atoms with E-state index in [0.717, 1.165) is 43.8 Å². The Labute approximate surface area is 176 Å². The number of aryl methyl sites for hydroxylation is 2. The summed E-state index contributed by atoms with van der Waals surface area (Å²) in [6.45, 7) is 4.35. The minimum Gasteiger partial charge on any atom is -0.494 e. The zero-order valence-electron chi connectivity index (χ0n) is 17.6. The number of ether oxygens (including phenoxy) is 1. The van der Waals surface area contributed by atoms with Crippen molar-refractivity contribution >= 4 is 11.7 Å². The number of ketones is 1. The summed E-state index contributed by atoms with van der Waals surface area (Å²) < 4.78 is 8.74. The molecular formula is C22H30N4O4. The third-order valence-electron chi connectivity index (χ3n) is 5.13. The Bertz CT molecular complexity index is 914. The number of Topliss-reactive ketones (excluding diaryl/α,β-unsaturated/α-hetero) is 1. The molecule has 3 rings (SSSR count). The van der Waals surface area contributed by atoms with Gasteiger partial charge in [0.25, 0.3) is 0 Å². The summed E-state index contributed by atoms with van der Waals surface area (Å²) in [7, 11) is 0. The molecule has 0 unspecified atom stereocenters. The number of nitrogens with one attached hydrogen (secondary N) is 1. The fraction of sp³-hybridized carbons (Fsp3) is 0.545. The van der Waals surface area contributed by atoms with Gasteiger partial charge in [-0.25, -0.2) is 9.48 Å². The van der Waals surface area contributed by atoms with Gasteiger partial charge in [-0.05, 0) is 49.9 Å². The average Bonchev–Trinajstić information content (AvgIpc) is 3.09. The van der Waals surface area contributed by atoms with Crippen LogP contribution in [0.4, 0.5) is 0 Å². The third-order valence-corrected chi connectivity index (χ3v) is 5.13. The Hall–Kier alpha value is -2.90. The van der Waals surface area contributed by atoms with Gasteiger partial charge >= 0.3 is 5.69 Å². The van der Waals surface area contributed by atoms with E-state index in [1.807, 2.05) is 6.92 Å². The van der Waals surface area contributed by atoms with E-state index >= 15 is 0 Å². The van der Waals surface area contributed by atoms with Gasteiger partial charge in [0, 0.05) is 44.5 Å². The lowest BCUT2D eigenvalue weighted by Gasteiger charge is -2.09. The van der Waals surface area contributed by atoms with Crippen LogP contribution in [-0.4, -0.2) is 39.2 Å². The number of aromatic nitrogens is 3. The van der Waals surface area contributed by atoms with E-state index in [9.17, 15) is 14.4 Å². The molecule has 2 aromatic rings. The minimum atomic E-state index is -0.164. The molecule has 0 radical (unpaired) electrons. The van der Waals surface area contributed by atoms with Gasteiger partial charge in [-0.1, -0.05) is 6.92 Å². The Morgan fingerprint density at radius 1 is 1.17 bits per heavy atom. The van der Waals surface area contributed by atoms with Crippen LogP contribution in [0.15, 0.2) is 29.1 Å². The second-order valence-electron chi connectivity index (χ2n) is 7.53. The molecule has 8 heteroatoms. The van der Waals surface area contributed by atoms with Crippen LogP contribution < -0.4 is 15.7 Å². The molecule has 8 nitrogen and oxygen atoms in total. The Morgan fingerprint density at radius 2 is 1.97 bits per heavy atom. The zero-order chi connectivity index (χ0) is 21.3. The van der Waals surface area contributed by atoms with Crippen molar-refractivity contribution in [2.75, 3.05) is 13.2 Å². The van der Waals surface area contributed by atoms with Gasteiger partial charge in [-0.2, -0.15) is 5.10 Å². The Morgan fingerprint density at radius 3 is 2.70 bits per heavy atom. The smallest absolute Gasteiger partial charge is 0.345 e. The van der Waals surface area contributed by atoms with E-state index < -0.39 is 0 Å². The van der Waals surface area contributed by atoms with Crippen LogP contribution >= 0.6 is 0 Å². The standard InChI is InChI=1S/C22H30N4O4/c1-2-16-30-18-9-7-17(8-10-18)19(27)11-12-21(28)23-13-5-15-26-22(29)25-14-4-3-6-20(25)24-26/h7-10H,2-6,11-16H2,1H3,(H,23,28). The van der Waals surface area contributed by atoms with Crippen LogP contribution in [0.1, 0.15) is 61.6 Å². The van der Waals surface area contributed by atoms with Gasteiger partial charge in [0.2, 0.25) is 5.91 Å². The van der Waals surface area contributed by atoms with Gasteiger partial charge < -0.3 is 10.1 Å². The number of benzene rings is 1. The molecule has 1 N–H and O–H groups in total. The number of fused-ring (bicyclic) bond motifs is 1. The lowest BCUT2D eigenvalue weighted by atomic mass is 10.1. The van der Waals surface area contributed by atoms with Gasteiger partial charge in [0.15, 0.2) is 5.78 Å². The predicted molar refractivity (Wildman–Crippen MR) is 113 cm³/mol. The first-order valence-electron chi connectivity index (χ1n) is 10.8. The summed E-state index contributed by atoms with van der Waals surface area (Å²) in [6, 6.07) is 7.01. The van der Waals surface area contributed by atoms with Crippen molar-refractivity contribution < 1.29 is 14.3 Å². The molecule has 1 aromatic heterocycles. The Balaban J connectivity index is 1.35. The normalized spacial score (nSPS) is 13.0. The lowest BCUT2D eigenvalue weighted by molar-refractivity contribution is -0.121. The SMILES string of the molecule is CCCOc1ccc(C(=O)CCC(=O)NCCCn2nc3n(c2=O)CCCC3)cc1. The highest BCUT2D eigenvalue weighted by atomic mass is 16.5. The molecule has 162 valence electrons. The molecule has 0 saturated carbocycles. The molecule has 0 atom stereocenters. The monoisotopic (exact) mass is 414 g/mol. The molecule has 0 saturated heterocycles. The number of amides is 1. The molecule has 0 aliphatic carbocycles. The topological polar surface area (TPSA) is 95.2 Å². The summed E-state index contributed by atoms with van der Waals surface area (Å²) in [5, 5.41) is 7.20. The lowest BCUT2D eigenvalue weighted by Crippen LogP contribution is -2.29. The average molecular weight is 415 g/mol. The van der Waals surface area contributed by atoms with Crippen LogP contribution in [0.2, 0.25) is 0 Å². The first-order chi connectivity index (χ1) is 14.6. The van der Waals surface area contributed by atoms with Crippen molar-refractivity contribution in [3.8, 4) is 5.75 Å². The van der Waals surface area contributed by atoms with Gasteiger partial charge in [-0.15, -0.1) is 0 Å². The second-order valence-corrected chi connectivity index (χ2v) is 7.53. The molecule has 1 aliphatic rings. The first-order valence-corrected chi connectivity index (χ1v) is 10.8. The molecule has 0 spiro atoms. The van der Waals surface area contributed by atoms with Gasteiger partial charge in [0.1, 0.15) is 11.6 Å². The molecular weight excluding hydrogens is 384 g/mol. The maximum Gasteiger partial charge on any atom is 0.345 e. The minimum absolute atomic E-state index is 0.0623. The number of nitrogens with zero attached hydrogens (tertiary/aromatic N) is 3. The van der Waals surface area contributed by atoms with Crippen LogP contribution in [0, 0.1) is 0 Å². The molecule has 0 bridgehead atoms. The third kappa shape index (κ3) is 5.81. The largest absolute Gasteiger partial charge is 0.494 e. The van der Waals surface area contributed by atoms with Crippen molar-refractivity contribution in [1.82, 2.24) is 19.7 Å². The molecule has 1 aromatic carbocycles. The molecule has 1 aliphatic heterocycles. The number of carbonyl (C=O) groups excluding carboxylic acids is 2. The quantitative estimate of drug-likeness (QED) is 0.450. The fourth-order valence-corrected chi connectivity index (χ4v) is 3.47. The highest BCUT2D eigenvalue weighted by molar-refractivity contribution is 5.98. The van der Waals surface area contributed by atoms with Crippen LogP contribution in [0.25, 0.3) is 0 Å². The summed E-state index contributed by atoms with van der Waals surface area (Å²) >= 11 is 0. The van der Waals surface area contributed by atoms with E-state index in [-0.39, 0.29) is 30.2 Å². The van der Waals surface area contributed by atoms with E-state index in [4.69, 9.17) is 4.74 Å². The molecule has 1 amide bonds. The number of rotatable bonds is 11. The summed E-state index contributed by atoms with van der Waals surface area (Å²) in [4.78, 5) is 36.5. The van der Waals surface area contributed by atoms with E-state index in [0.29, 0.717) is 31.7 Å². The predicted octanol–water partition coefficient (Wildman–Crippen LogP) is 2.34. The van der Waals surface area contributed by atoms with Crippen LogP contribution in [0.3, 0.4) is 0 Å². The molecule has 0 fully saturated rings. The Kier molecular flexibility index (Phi) is 7.82. The summed E-state index contributed by atoms with van der Waals surface area (Å²) in [5.74, 6) is 1.37. The summed E-state index contributed by atoms with van der Waals surface area (Å²) in [5.41, 5.74) is 0.516. The van der Waals surface area contributed by atoms with Gasteiger partial charge in [0.05, 0.1) is 6.61 Å². The van der Waals surface area contributed by atoms with Crippen molar-refractivity contribution in [2.45, 2.75) is 65.0 Å². The van der Waals surface area contributed by atoms with E-state index in [1.165, 1.54) is 4.68 Å². The number of carbonyl (C=O) groups is 2. The van der Waals surface area contributed by atoms with Crippen LogP contribution in [-0.2, 0) is 24.3 Å². The highest BCUT2D eigenvalue weighted by Gasteiger charge is 2.16. The van der Waals surface area contributed by atoms with Crippen molar-refractivity contribution in [3.05, 3.63) is 46.1 Å². The zero-order valence-corrected chi connectivity index (χ0v) is 17.6. The van der Waals surface area contributed by atoms with Crippen LogP contribution in [0.5, 0.6) is 5.75 Å². The van der Waals surface area contributed by atoms with Gasteiger partial charge in [-0.3, -0.25) is 14.2 Å². The maximum absolute atomic E-state index is 12.3. The second kappa shape index (κ2) is 10.8. The number of hydrogen-bond acceptors (Lipinski definition) is 5. The van der Waals surface area contributed by atoms with Crippen molar-refractivity contribution in [2.24, 2.45) is 0 Å². The maximum atomic E-state index is 12.3. The van der Waals surface area contributed by atoms with E-state index in [2.05, 4.69) is 10.4 Å². The van der Waals surface area contributed by atoms with Crippen molar-refractivity contribution in [1.29, 1.82) is 0 Å². The fourth-order valence-electron chi connectivity index (χ4n) is 3.47. The first kappa shape index (κ1) is 21.8.